The fourth-order valence-corrected chi connectivity index (χ4v) is 6.02. The molecule has 228 valence electrons. The van der Waals surface area contributed by atoms with Gasteiger partial charge in [0, 0.05) is 36.7 Å². The van der Waals surface area contributed by atoms with E-state index in [0.29, 0.717) is 23.3 Å². The number of nitrogens with zero attached hydrogens (tertiary/aromatic N) is 3. The van der Waals surface area contributed by atoms with Crippen LogP contribution in [0.25, 0.3) is 11.1 Å². The molecule has 9 nitrogen and oxygen atoms in total. The van der Waals surface area contributed by atoms with Gasteiger partial charge in [-0.05, 0) is 59.0 Å². The number of carbonyl (C=O) groups excluding carboxylic acids is 2. The Bertz CT molecular complexity index is 1840. The predicted octanol–water partition coefficient (Wildman–Crippen LogP) is 5.68. The molecular weight excluding hydrogens is 601 g/mol. The van der Waals surface area contributed by atoms with Crippen molar-refractivity contribution in [3.63, 3.8) is 0 Å². The number of hydrogen-bond acceptors (Lipinski definition) is 7. The Hall–Kier alpha value is -5.09. The lowest BCUT2D eigenvalue weighted by atomic mass is 9.83. The van der Waals surface area contributed by atoms with Gasteiger partial charge in [-0.1, -0.05) is 53.2 Å². The van der Waals surface area contributed by atoms with Crippen molar-refractivity contribution in [2.24, 2.45) is 5.16 Å². The summed E-state index contributed by atoms with van der Waals surface area (Å²) in [4.78, 5) is 50.8. The molecule has 6 rings (SSSR count). The van der Waals surface area contributed by atoms with Gasteiger partial charge in [-0.15, -0.1) is 0 Å². The van der Waals surface area contributed by atoms with Gasteiger partial charge in [0.1, 0.15) is 11.8 Å². The SMILES string of the molecule is COc1cncc(-c2cccc3c2CCN(C(=O)[C@H]2CC(c4cccc(Cl)c4F)=NO2)[C@H]3C(=O)Cc2ccc(C(=O)O)cc2)c1. The first kappa shape index (κ1) is 30.0. The molecule has 0 spiro atoms. The number of benzene rings is 3. The van der Waals surface area contributed by atoms with Crippen molar-refractivity contribution < 1.29 is 33.5 Å². The van der Waals surface area contributed by atoms with Crippen LogP contribution in [0.1, 0.15) is 45.1 Å². The van der Waals surface area contributed by atoms with Crippen LogP contribution in [0.2, 0.25) is 5.02 Å². The molecular formula is C34H27ClFN3O6. The number of carboxylic acids is 1. The summed E-state index contributed by atoms with van der Waals surface area (Å²) in [6.07, 6.45) is 2.68. The number of ether oxygens (including phenoxy) is 1. The molecule has 0 bridgehead atoms. The monoisotopic (exact) mass is 627 g/mol. The zero-order valence-electron chi connectivity index (χ0n) is 24.1. The molecule has 4 aromatic rings. The van der Waals surface area contributed by atoms with Crippen LogP contribution in [0.15, 0.2) is 84.3 Å². The molecule has 11 heteroatoms. The summed E-state index contributed by atoms with van der Waals surface area (Å²) in [5.41, 5.74) is 4.36. The average molecular weight is 628 g/mol. The third-order valence-corrected chi connectivity index (χ3v) is 8.35. The Morgan fingerprint density at radius 1 is 1.07 bits per heavy atom. The van der Waals surface area contributed by atoms with Crippen LogP contribution < -0.4 is 4.74 Å². The maximum atomic E-state index is 14.7. The lowest BCUT2D eigenvalue weighted by molar-refractivity contribution is -0.149. The van der Waals surface area contributed by atoms with Crippen molar-refractivity contribution in [1.29, 1.82) is 0 Å². The molecule has 1 amide bonds. The van der Waals surface area contributed by atoms with Crippen molar-refractivity contribution in [2.75, 3.05) is 13.7 Å². The van der Waals surface area contributed by atoms with Crippen LogP contribution in [0, 0.1) is 5.82 Å². The Morgan fingerprint density at radius 2 is 1.82 bits per heavy atom. The second-order valence-corrected chi connectivity index (χ2v) is 11.2. The average Bonchev–Trinajstić information content (AvgIpc) is 3.55. The van der Waals surface area contributed by atoms with E-state index in [1.54, 1.807) is 37.7 Å². The summed E-state index contributed by atoms with van der Waals surface area (Å²) in [5, 5.41) is 13.2. The van der Waals surface area contributed by atoms with E-state index < -0.39 is 29.8 Å². The van der Waals surface area contributed by atoms with Gasteiger partial charge in [-0.3, -0.25) is 14.6 Å². The number of Topliss-reactive ketones (excluding diaryl/α,β-unsaturated/α-hetero) is 1. The summed E-state index contributed by atoms with van der Waals surface area (Å²) in [6.45, 7) is 0.218. The van der Waals surface area contributed by atoms with Crippen molar-refractivity contribution >= 4 is 35.0 Å². The maximum absolute atomic E-state index is 14.7. The number of aromatic carboxylic acids is 1. The molecule has 0 saturated carbocycles. The lowest BCUT2D eigenvalue weighted by Crippen LogP contribution is -2.48. The number of methoxy groups -OCH3 is 1. The zero-order valence-corrected chi connectivity index (χ0v) is 24.8. The van der Waals surface area contributed by atoms with Crippen LogP contribution in [-0.4, -0.2) is 58.1 Å². The summed E-state index contributed by atoms with van der Waals surface area (Å²) in [7, 11) is 1.56. The number of hydrogen-bond donors (Lipinski definition) is 1. The standard InChI is InChI=1S/C34H27ClFN3O6/c1-44-22-15-21(17-37-18-22)23-4-2-5-25-24(23)12-13-39(32(25)29(40)14-19-8-10-20(11-9-19)34(42)43)33(41)30-16-28(38-45-30)26-6-3-7-27(35)31(26)36/h2-11,15,17-18,30,32H,12-14,16H2,1H3,(H,42,43)/t30-,32-/m1/s1. The Morgan fingerprint density at radius 3 is 2.58 bits per heavy atom. The van der Waals surface area contributed by atoms with Gasteiger partial charge in [0.25, 0.3) is 5.91 Å². The highest BCUT2D eigenvalue weighted by atomic mass is 35.5. The van der Waals surface area contributed by atoms with Crippen molar-refractivity contribution in [3.8, 4) is 16.9 Å². The van der Waals surface area contributed by atoms with E-state index in [1.807, 2.05) is 24.3 Å². The molecule has 2 atom stereocenters. The smallest absolute Gasteiger partial charge is 0.335 e. The van der Waals surface area contributed by atoms with Crippen LogP contribution >= 0.6 is 11.6 Å². The van der Waals surface area contributed by atoms with Crippen molar-refractivity contribution in [3.05, 3.63) is 118 Å². The second kappa shape index (κ2) is 12.5. The summed E-state index contributed by atoms with van der Waals surface area (Å²) in [5.74, 6) is -1.84. The molecule has 2 aliphatic rings. The van der Waals surface area contributed by atoms with Crippen molar-refractivity contribution in [2.45, 2.75) is 31.4 Å². The molecule has 45 heavy (non-hydrogen) atoms. The fraction of sp³-hybridized carbons (Fsp3) is 0.206. The largest absolute Gasteiger partial charge is 0.495 e. The van der Waals surface area contributed by atoms with Gasteiger partial charge >= 0.3 is 5.97 Å². The van der Waals surface area contributed by atoms with Gasteiger partial charge < -0.3 is 19.6 Å². The third kappa shape index (κ3) is 5.88. The number of pyridine rings is 1. The first-order valence-corrected chi connectivity index (χ1v) is 14.6. The molecule has 3 heterocycles. The van der Waals surface area contributed by atoms with E-state index >= 15 is 0 Å². The highest BCUT2D eigenvalue weighted by molar-refractivity contribution is 6.31. The van der Waals surface area contributed by atoms with Crippen molar-refractivity contribution in [1.82, 2.24) is 9.88 Å². The number of rotatable bonds is 8. The fourth-order valence-electron chi connectivity index (χ4n) is 5.85. The van der Waals surface area contributed by atoms with E-state index in [-0.39, 0.29) is 47.0 Å². The van der Waals surface area contributed by atoms with Gasteiger partial charge in [0.2, 0.25) is 6.10 Å². The molecule has 1 N–H and O–H groups in total. The molecule has 0 unspecified atom stereocenters. The number of carbonyl (C=O) groups is 3. The number of amides is 1. The zero-order chi connectivity index (χ0) is 31.7. The molecule has 1 aromatic heterocycles. The molecule has 0 fully saturated rings. The quantitative estimate of drug-likeness (QED) is 0.267. The Labute approximate surface area is 262 Å². The first-order chi connectivity index (χ1) is 21.7. The topological polar surface area (TPSA) is 118 Å². The maximum Gasteiger partial charge on any atom is 0.335 e. The van der Waals surface area contributed by atoms with E-state index in [9.17, 15) is 23.9 Å². The minimum absolute atomic E-state index is 0.00648. The van der Waals surface area contributed by atoms with E-state index in [2.05, 4.69) is 10.1 Å². The first-order valence-electron chi connectivity index (χ1n) is 14.2. The number of oxime groups is 1. The van der Waals surface area contributed by atoms with E-state index in [1.165, 1.54) is 29.2 Å². The van der Waals surface area contributed by atoms with E-state index in [0.717, 1.165) is 16.7 Å². The van der Waals surface area contributed by atoms with Gasteiger partial charge in [-0.2, -0.15) is 0 Å². The third-order valence-electron chi connectivity index (χ3n) is 8.06. The van der Waals surface area contributed by atoms with Crippen LogP contribution in [-0.2, 0) is 27.3 Å². The van der Waals surface area contributed by atoms with Gasteiger partial charge in [0.15, 0.2) is 11.6 Å². The molecule has 0 radical (unpaired) electrons. The minimum Gasteiger partial charge on any atom is -0.495 e. The van der Waals surface area contributed by atoms with Crippen LogP contribution in [0.5, 0.6) is 5.75 Å². The number of fused-ring (bicyclic) bond motifs is 1. The second-order valence-electron chi connectivity index (χ2n) is 10.8. The number of carboxylic acid groups (broad SMARTS) is 1. The molecule has 0 saturated heterocycles. The Kier molecular flexibility index (Phi) is 8.32. The lowest BCUT2D eigenvalue weighted by Gasteiger charge is -2.38. The summed E-state index contributed by atoms with van der Waals surface area (Å²) in [6, 6.07) is 17.1. The van der Waals surface area contributed by atoms with Gasteiger partial charge in [0.05, 0.1) is 29.6 Å². The number of halogens is 2. The minimum atomic E-state index is -1.07. The van der Waals surface area contributed by atoms with Crippen LogP contribution in [0.4, 0.5) is 4.39 Å². The predicted molar refractivity (Wildman–Crippen MR) is 164 cm³/mol. The molecule has 0 aliphatic carbocycles. The van der Waals surface area contributed by atoms with Gasteiger partial charge in [-0.25, -0.2) is 9.18 Å². The molecule has 3 aromatic carbocycles. The van der Waals surface area contributed by atoms with Crippen LogP contribution in [0.3, 0.4) is 0 Å². The number of ketones is 1. The highest BCUT2D eigenvalue weighted by Crippen LogP contribution is 2.39. The van der Waals surface area contributed by atoms with E-state index in [4.69, 9.17) is 21.2 Å². The summed E-state index contributed by atoms with van der Waals surface area (Å²) < 4.78 is 20.1. The Balaban J connectivity index is 1.34. The number of aromatic nitrogens is 1. The summed E-state index contributed by atoms with van der Waals surface area (Å²) >= 11 is 5.96. The highest BCUT2D eigenvalue weighted by Gasteiger charge is 2.42. The molecule has 2 aliphatic heterocycles. The normalized spacial score (nSPS) is 17.2.